The predicted molar refractivity (Wildman–Crippen MR) is 53.5 cm³/mol. The zero-order valence-electron chi connectivity index (χ0n) is 7.12. The first-order valence-electron chi connectivity index (χ1n) is 3.75. The maximum Gasteiger partial charge on any atom is 0.0964 e. The fourth-order valence-electron chi connectivity index (χ4n) is 0.925. The number of nitrogens with two attached hydrogens (primary N) is 1. The molecule has 2 heteroatoms. The second-order valence-electron chi connectivity index (χ2n) is 2.55. The van der Waals surface area contributed by atoms with Crippen LogP contribution in [-0.2, 0) is 0 Å². The lowest BCUT2D eigenvalue weighted by Crippen LogP contribution is -2.03. The van der Waals surface area contributed by atoms with E-state index in [0.29, 0.717) is 5.84 Å². The number of benzene rings is 1. The molecule has 0 atom stereocenters. The van der Waals surface area contributed by atoms with Gasteiger partial charge in [-0.3, -0.25) is 0 Å². The van der Waals surface area contributed by atoms with E-state index in [1.165, 1.54) is 0 Å². The molecule has 0 spiro atoms. The molecule has 2 nitrogen and oxygen atoms in total. The van der Waals surface area contributed by atoms with Gasteiger partial charge in [0.1, 0.15) is 0 Å². The third kappa shape index (κ3) is 2.23. The van der Waals surface area contributed by atoms with Crippen molar-refractivity contribution < 1.29 is 0 Å². The molecule has 1 rings (SSSR count). The minimum atomic E-state index is 0.566. The zero-order chi connectivity index (χ0) is 8.97. The fourth-order valence-corrected chi connectivity index (χ4v) is 0.925. The minimum absolute atomic E-state index is 0.566. The maximum absolute atomic E-state index is 5.44. The van der Waals surface area contributed by atoms with Crippen LogP contribution in [0.3, 0.4) is 0 Å². The van der Waals surface area contributed by atoms with E-state index in [4.69, 9.17) is 5.73 Å². The van der Waals surface area contributed by atoms with Crippen LogP contribution in [-0.4, -0.2) is 5.84 Å². The molecule has 0 aliphatic rings. The summed E-state index contributed by atoms with van der Waals surface area (Å²) in [5.74, 6) is 0.566. The molecule has 0 fully saturated rings. The van der Waals surface area contributed by atoms with Crippen LogP contribution < -0.4 is 5.73 Å². The number of hydrogen-bond acceptors (Lipinski definition) is 1. The Morgan fingerprint density at radius 3 is 2.92 bits per heavy atom. The van der Waals surface area contributed by atoms with E-state index in [1.54, 1.807) is 13.0 Å². The molecule has 0 heterocycles. The van der Waals surface area contributed by atoms with Crippen LogP contribution in [0.2, 0.25) is 0 Å². The van der Waals surface area contributed by atoms with E-state index in [2.05, 4.69) is 11.6 Å². The largest absolute Gasteiger partial charge is 0.387 e. The Hall–Kier alpha value is -1.57. The SMILES string of the molecule is C=Cc1cccc(N=C(C)N)c1. The molecule has 0 saturated carbocycles. The Morgan fingerprint density at radius 1 is 1.58 bits per heavy atom. The van der Waals surface area contributed by atoms with Crippen LogP contribution in [0.15, 0.2) is 35.8 Å². The first-order chi connectivity index (χ1) is 5.72. The van der Waals surface area contributed by atoms with E-state index >= 15 is 0 Å². The van der Waals surface area contributed by atoms with Gasteiger partial charge in [-0.05, 0) is 24.6 Å². The Labute approximate surface area is 72.4 Å². The predicted octanol–water partition coefficient (Wildman–Crippen LogP) is 2.34. The molecule has 2 N–H and O–H groups in total. The molecule has 0 saturated heterocycles. The van der Waals surface area contributed by atoms with Gasteiger partial charge in [-0.1, -0.05) is 24.8 Å². The van der Waals surface area contributed by atoms with Crippen LogP contribution in [0.25, 0.3) is 6.08 Å². The Bertz CT molecular complexity index is 309. The topological polar surface area (TPSA) is 38.4 Å². The van der Waals surface area contributed by atoms with Crippen LogP contribution in [0.1, 0.15) is 12.5 Å². The van der Waals surface area contributed by atoms with Gasteiger partial charge in [0, 0.05) is 0 Å². The molecule has 0 unspecified atom stereocenters. The van der Waals surface area contributed by atoms with E-state index in [9.17, 15) is 0 Å². The van der Waals surface area contributed by atoms with Gasteiger partial charge in [-0.25, -0.2) is 4.99 Å². The van der Waals surface area contributed by atoms with Gasteiger partial charge in [-0.15, -0.1) is 0 Å². The van der Waals surface area contributed by atoms with Crippen molar-refractivity contribution in [2.24, 2.45) is 10.7 Å². The lowest BCUT2D eigenvalue weighted by molar-refractivity contribution is 1.44. The standard InChI is InChI=1S/C10H12N2/c1-3-9-5-4-6-10(7-9)12-8(2)11/h3-7H,1H2,2H3,(H2,11,12). The van der Waals surface area contributed by atoms with Crippen molar-refractivity contribution in [2.75, 3.05) is 0 Å². The van der Waals surface area contributed by atoms with E-state index < -0.39 is 0 Å². The Balaban J connectivity index is 3.02. The average Bonchev–Trinajstić information content (AvgIpc) is 2.03. The third-order valence-corrected chi connectivity index (χ3v) is 1.41. The van der Waals surface area contributed by atoms with Crippen molar-refractivity contribution in [3.05, 3.63) is 36.4 Å². The number of rotatable bonds is 2. The maximum atomic E-state index is 5.44. The lowest BCUT2D eigenvalue weighted by atomic mass is 10.2. The first-order valence-corrected chi connectivity index (χ1v) is 3.75. The highest BCUT2D eigenvalue weighted by molar-refractivity contribution is 5.80. The molecular weight excluding hydrogens is 148 g/mol. The van der Waals surface area contributed by atoms with Gasteiger partial charge < -0.3 is 5.73 Å². The fraction of sp³-hybridized carbons (Fsp3) is 0.100. The summed E-state index contributed by atoms with van der Waals surface area (Å²) in [6, 6.07) is 7.74. The number of aliphatic imine (C=N–C) groups is 1. The van der Waals surface area contributed by atoms with Crippen molar-refractivity contribution in [2.45, 2.75) is 6.92 Å². The molecule has 0 amide bonds. The Morgan fingerprint density at radius 2 is 2.33 bits per heavy atom. The van der Waals surface area contributed by atoms with Crippen LogP contribution in [0, 0.1) is 0 Å². The molecule has 1 aromatic carbocycles. The van der Waals surface area contributed by atoms with Crippen LogP contribution in [0.5, 0.6) is 0 Å². The van der Waals surface area contributed by atoms with E-state index in [0.717, 1.165) is 11.3 Å². The van der Waals surface area contributed by atoms with E-state index in [-0.39, 0.29) is 0 Å². The van der Waals surface area contributed by atoms with E-state index in [1.807, 2.05) is 24.3 Å². The molecule has 0 bridgehead atoms. The molecule has 0 aliphatic heterocycles. The smallest absolute Gasteiger partial charge is 0.0964 e. The summed E-state index contributed by atoms with van der Waals surface area (Å²) >= 11 is 0. The summed E-state index contributed by atoms with van der Waals surface area (Å²) in [6.45, 7) is 5.44. The van der Waals surface area contributed by atoms with Crippen molar-refractivity contribution in [3.63, 3.8) is 0 Å². The van der Waals surface area contributed by atoms with Crippen molar-refractivity contribution >= 4 is 17.6 Å². The quantitative estimate of drug-likeness (QED) is 0.523. The molecule has 12 heavy (non-hydrogen) atoms. The van der Waals surface area contributed by atoms with Crippen LogP contribution >= 0.6 is 0 Å². The summed E-state index contributed by atoms with van der Waals surface area (Å²) in [4.78, 5) is 4.11. The average molecular weight is 160 g/mol. The highest BCUT2D eigenvalue weighted by Crippen LogP contribution is 2.14. The highest BCUT2D eigenvalue weighted by Gasteiger charge is 1.89. The number of nitrogens with zero attached hydrogens (tertiary/aromatic N) is 1. The van der Waals surface area contributed by atoms with Crippen LogP contribution in [0.4, 0.5) is 5.69 Å². The third-order valence-electron chi connectivity index (χ3n) is 1.41. The van der Waals surface area contributed by atoms with Gasteiger partial charge in [-0.2, -0.15) is 0 Å². The second kappa shape index (κ2) is 3.72. The summed E-state index contributed by atoms with van der Waals surface area (Å²) < 4.78 is 0. The molecule has 0 aliphatic carbocycles. The normalized spacial score (nSPS) is 11.2. The van der Waals surface area contributed by atoms with Gasteiger partial charge >= 0.3 is 0 Å². The summed E-state index contributed by atoms with van der Waals surface area (Å²) in [7, 11) is 0. The first kappa shape index (κ1) is 8.53. The van der Waals surface area contributed by atoms with Crippen molar-refractivity contribution in [3.8, 4) is 0 Å². The van der Waals surface area contributed by atoms with Gasteiger partial charge in [0.2, 0.25) is 0 Å². The minimum Gasteiger partial charge on any atom is -0.387 e. The molecule has 0 radical (unpaired) electrons. The highest BCUT2D eigenvalue weighted by atomic mass is 14.8. The zero-order valence-corrected chi connectivity index (χ0v) is 7.12. The lowest BCUT2D eigenvalue weighted by Gasteiger charge is -1.96. The summed E-state index contributed by atoms with van der Waals surface area (Å²) in [5, 5.41) is 0. The van der Waals surface area contributed by atoms with Crippen molar-refractivity contribution in [1.29, 1.82) is 0 Å². The van der Waals surface area contributed by atoms with Gasteiger partial charge in [0.15, 0.2) is 0 Å². The van der Waals surface area contributed by atoms with Gasteiger partial charge in [0.05, 0.1) is 11.5 Å². The molecule has 1 aromatic rings. The Kier molecular flexibility index (Phi) is 2.64. The van der Waals surface area contributed by atoms with Gasteiger partial charge in [0.25, 0.3) is 0 Å². The monoisotopic (exact) mass is 160 g/mol. The molecular formula is C10H12N2. The summed E-state index contributed by atoms with van der Waals surface area (Å²) in [5.41, 5.74) is 7.36. The second-order valence-corrected chi connectivity index (χ2v) is 2.55. The number of amidine groups is 1. The number of hydrogen-bond donors (Lipinski definition) is 1. The molecule has 62 valence electrons. The molecule has 0 aromatic heterocycles. The van der Waals surface area contributed by atoms with Crippen molar-refractivity contribution in [1.82, 2.24) is 0 Å². The summed E-state index contributed by atoms with van der Waals surface area (Å²) in [6.07, 6.45) is 1.78.